The van der Waals surface area contributed by atoms with Crippen molar-refractivity contribution in [1.82, 2.24) is 9.55 Å². The van der Waals surface area contributed by atoms with E-state index in [-0.39, 0.29) is 18.2 Å². The van der Waals surface area contributed by atoms with E-state index in [0.717, 1.165) is 21.5 Å². The molecule has 0 saturated heterocycles. The second-order valence-electron chi connectivity index (χ2n) is 7.33. The van der Waals surface area contributed by atoms with Crippen LogP contribution in [0.1, 0.15) is 5.56 Å². The number of esters is 1. The lowest BCUT2D eigenvalue weighted by Gasteiger charge is -2.10. The molecule has 1 aromatic heterocycles. The third-order valence-corrected chi connectivity index (χ3v) is 6.59. The molecule has 0 aliphatic heterocycles. The number of hydrogen-bond donors (Lipinski definition) is 1. The molecule has 0 spiro atoms. The van der Waals surface area contributed by atoms with E-state index in [0.29, 0.717) is 17.4 Å². The first-order valence-electron chi connectivity index (χ1n) is 10.4. The van der Waals surface area contributed by atoms with E-state index in [2.05, 4.69) is 10.3 Å². The van der Waals surface area contributed by atoms with E-state index in [1.54, 1.807) is 30.0 Å². The number of hydrogen-bond acceptors (Lipinski definition) is 6. The van der Waals surface area contributed by atoms with E-state index in [1.807, 2.05) is 53.3 Å². The van der Waals surface area contributed by atoms with Crippen LogP contribution >= 0.6 is 23.5 Å². The normalized spacial score (nSPS) is 10.9. The molecule has 0 aliphatic carbocycles. The SMILES string of the molecule is CSc1cccc(NC(=O)COC(=O)CSc2nc3ccccc3n2Cc2ccc(F)cc2)c1. The molecule has 4 aromatic rings. The van der Waals surface area contributed by atoms with E-state index < -0.39 is 11.9 Å². The lowest BCUT2D eigenvalue weighted by atomic mass is 10.2. The van der Waals surface area contributed by atoms with Gasteiger partial charge in [0, 0.05) is 10.6 Å². The number of halogens is 1. The molecule has 1 amide bonds. The van der Waals surface area contributed by atoms with Crippen LogP contribution in [0.2, 0.25) is 0 Å². The number of nitrogens with one attached hydrogen (secondary N) is 1. The molecule has 0 bridgehead atoms. The van der Waals surface area contributed by atoms with Gasteiger partial charge in [0.2, 0.25) is 0 Å². The highest BCUT2D eigenvalue weighted by atomic mass is 32.2. The van der Waals surface area contributed by atoms with Gasteiger partial charge in [0.15, 0.2) is 11.8 Å². The highest BCUT2D eigenvalue weighted by molar-refractivity contribution is 7.99. The minimum atomic E-state index is -0.515. The summed E-state index contributed by atoms with van der Waals surface area (Å²) >= 11 is 2.80. The smallest absolute Gasteiger partial charge is 0.316 e. The first kappa shape index (κ1) is 23.8. The number of ether oxygens (including phenoxy) is 1. The van der Waals surface area contributed by atoms with Gasteiger partial charge in [-0.25, -0.2) is 9.37 Å². The fourth-order valence-corrected chi connectivity index (χ4v) is 4.57. The summed E-state index contributed by atoms with van der Waals surface area (Å²) in [4.78, 5) is 30.1. The van der Waals surface area contributed by atoms with Crippen LogP contribution in [0.25, 0.3) is 11.0 Å². The van der Waals surface area contributed by atoms with Gasteiger partial charge in [0.1, 0.15) is 5.82 Å². The van der Waals surface area contributed by atoms with Gasteiger partial charge in [-0.1, -0.05) is 42.1 Å². The molecular weight excluding hydrogens is 473 g/mol. The van der Waals surface area contributed by atoms with E-state index in [9.17, 15) is 14.0 Å². The Morgan fingerprint density at radius 1 is 1.06 bits per heavy atom. The van der Waals surface area contributed by atoms with Crippen molar-refractivity contribution in [2.24, 2.45) is 0 Å². The quantitative estimate of drug-likeness (QED) is 0.254. The van der Waals surface area contributed by atoms with Crippen molar-refractivity contribution in [3.05, 3.63) is 84.2 Å². The zero-order valence-electron chi connectivity index (χ0n) is 18.4. The molecule has 1 heterocycles. The van der Waals surface area contributed by atoms with E-state index >= 15 is 0 Å². The zero-order valence-corrected chi connectivity index (χ0v) is 20.0. The lowest BCUT2D eigenvalue weighted by molar-refractivity contribution is -0.144. The molecule has 0 radical (unpaired) electrons. The Kier molecular flexibility index (Phi) is 7.87. The minimum absolute atomic E-state index is 0.00196. The average Bonchev–Trinajstić information content (AvgIpc) is 3.20. The summed E-state index contributed by atoms with van der Waals surface area (Å²) in [6, 6.07) is 21.4. The first-order valence-corrected chi connectivity index (χ1v) is 12.6. The van der Waals surface area contributed by atoms with E-state index in [4.69, 9.17) is 4.74 Å². The maximum Gasteiger partial charge on any atom is 0.316 e. The summed E-state index contributed by atoms with van der Waals surface area (Å²) in [7, 11) is 0. The average molecular weight is 496 g/mol. The van der Waals surface area contributed by atoms with Crippen molar-refractivity contribution in [2.75, 3.05) is 23.9 Å². The van der Waals surface area contributed by atoms with E-state index in [1.165, 1.54) is 23.9 Å². The number of carbonyl (C=O) groups is 2. The number of benzene rings is 3. The maximum absolute atomic E-state index is 13.3. The Bertz CT molecular complexity index is 1310. The summed E-state index contributed by atoms with van der Waals surface area (Å²) in [6.45, 7) is 0.116. The van der Waals surface area contributed by atoms with Crippen molar-refractivity contribution in [3.8, 4) is 0 Å². The summed E-state index contributed by atoms with van der Waals surface area (Å²) in [5.41, 5.74) is 3.27. The van der Waals surface area contributed by atoms with Crippen molar-refractivity contribution >= 4 is 52.1 Å². The number of fused-ring (bicyclic) bond motifs is 1. The number of aromatic nitrogens is 2. The number of para-hydroxylation sites is 2. The van der Waals surface area contributed by atoms with Crippen molar-refractivity contribution in [2.45, 2.75) is 16.6 Å². The fraction of sp³-hybridized carbons (Fsp3) is 0.160. The van der Waals surface area contributed by atoms with Crippen molar-refractivity contribution in [1.29, 1.82) is 0 Å². The molecule has 0 atom stereocenters. The zero-order chi connectivity index (χ0) is 23.9. The number of nitrogens with zero attached hydrogens (tertiary/aromatic N) is 2. The molecule has 174 valence electrons. The van der Waals surface area contributed by atoms with Gasteiger partial charge >= 0.3 is 5.97 Å². The number of amides is 1. The lowest BCUT2D eigenvalue weighted by Crippen LogP contribution is -2.21. The molecule has 0 unspecified atom stereocenters. The van der Waals surface area contributed by atoms with Crippen LogP contribution < -0.4 is 5.32 Å². The molecule has 6 nitrogen and oxygen atoms in total. The third kappa shape index (κ3) is 6.18. The van der Waals surface area contributed by atoms with Gasteiger partial charge in [-0.15, -0.1) is 11.8 Å². The molecule has 4 rings (SSSR count). The maximum atomic E-state index is 13.3. The van der Waals surface area contributed by atoms with Gasteiger partial charge in [-0.05, 0) is 54.3 Å². The third-order valence-electron chi connectivity index (χ3n) is 4.91. The van der Waals surface area contributed by atoms with Crippen LogP contribution in [0.3, 0.4) is 0 Å². The second kappa shape index (κ2) is 11.2. The molecule has 3 aromatic carbocycles. The highest BCUT2D eigenvalue weighted by Crippen LogP contribution is 2.25. The number of thioether (sulfide) groups is 2. The van der Waals surface area contributed by atoms with Crippen LogP contribution in [0.4, 0.5) is 10.1 Å². The molecule has 0 saturated carbocycles. The molecule has 0 fully saturated rings. The standard InChI is InChI=1S/C25H22FN3O3S2/c1-33-20-6-4-5-19(13-20)27-23(30)15-32-24(31)16-34-25-28-21-7-2-3-8-22(21)29(25)14-17-9-11-18(26)12-10-17/h2-13H,14-16H2,1H3,(H,27,30). The number of rotatable bonds is 9. The predicted octanol–water partition coefficient (Wildman–Crippen LogP) is 5.22. The number of imidazole rings is 1. The number of carbonyl (C=O) groups excluding carboxylic acids is 2. The summed E-state index contributed by atoms with van der Waals surface area (Å²) < 4.78 is 20.4. The summed E-state index contributed by atoms with van der Waals surface area (Å²) in [5, 5.41) is 3.36. The predicted molar refractivity (Wildman–Crippen MR) is 134 cm³/mol. The van der Waals surface area contributed by atoms with Crippen LogP contribution in [-0.2, 0) is 20.9 Å². The fourth-order valence-electron chi connectivity index (χ4n) is 3.30. The Morgan fingerprint density at radius 2 is 1.85 bits per heavy atom. The minimum Gasteiger partial charge on any atom is -0.455 e. The Labute approximate surface area is 204 Å². The van der Waals surface area contributed by atoms with Crippen LogP contribution in [-0.4, -0.2) is 40.0 Å². The Balaban J connectivity index is 1.36. The molecule has 9 heteroatoms. The number of anilines is 1. The summed E-state index contributed by atoms with van der Waals surface area (Å²) in [5.74, 6) is -1.21. The summed E-state index contributed by atoms with van der Waals surface area (Å²) in [6.07, 6.45) is 1.95. The van der Waals surface area contributed by atoms with Crippen LogP contribution in [0.15, 0.2) is 82.8 Å². The van der Waals surface area contributed by atoms with Gasteiger partial charge in [0.05, 0.1) is 23.3 Å². The van der Waals surface area contributed by atoms with Gasteiger partial charge in [-0.2, -0.15) is 0 Å². The first-order chi connectivity index (χ1) is 16.5. The largest absolute Gasteiger partial charge is 0.455 e. The topological polar surface area (TPSA) is 73.2 Å². The van der Waals surface area contributed by atoms with Gasteiger partial charge in [0.25, 0.3) is 5.91 Å². The van der Waals surface area contributed by atoms with Crippen LogP contribution in [0.5, 0.6) is 0 Å². The van der Waals surface area contributed by atoms with Gasteiger partial charge in [-0.3, -0.25) is 9.59 Å². The molecular formula is C25H22FN3O3S2. The molecule has 1 N–H and O–H groups in total. The highest BCUT2D eigenvalue weighted by Gasteiger charge is 2.15. The van der Waals surface area contributed by atoms with Crippen molar-refractivity contribution in [3.63, 3.8) is 0 Å². The Morgan fingerprint density at radius 3 is 2.65 bits per heavy atom. The monoisotopic (exact) mass is 495 g/mol. The molecule has 34 heavy (non-hydrogen) atoms. The van der Waals surface area contributed by atoms with Gasteiger partial charge < -0.3 is 14.6 Å². The molecule has 0 aliphatic rings. The Hall–Kier alpha value is -3.30. The van der Waals surface area contributed by atoms with Crippen LogP contribution in [0, 0.1) is 5.82 Å². The second-order valence-corrected chi connectivity index (χ2v) is 9.15. The van der Waals surface area contributed by atoms with Crippen molar-refractivity contribution < 1.29 is 18.7 Å².